The van der Waals surface area contributed by atoms with Crippen LogP contribution in [-0.2, 0) is 14.4 Å². The van der Waals surface area contributed by atoms with Gasteiger partial charge in [-0.2, -0.15) is 12.6 Å². The molecule has 1 rings (SSSR count). The van der Waals surface area contributed by atoms with Crippen LogP contribution in [0.5, 0.6) is 0 Å². The first-order chi connectivity index (χ1) is 8.06. The molecule has 0 spiro atoms. The number of carbonyl (C=O) groups is 3. The van der Waals surface area contributed by atoms with Gasteiger partial charge in [-0.05, 0) is 6.42 Å². The summed E-state index contributed by atoms with van der Waals surface area (Å²) in [6.07, 6.45) is 2.26. The number of hydrogen-bond acceptors (Lipinski definition) is 4. The largest absolute Gasteiger partial charge is 0.356 e. The number of hydrogen-bond donors (Lipinski definition) is 2. The molecule has 1 saturated heterocycles. The highest BCUT2D eigenvalue weighted by atomic mass is 32.1. The molecule has 1 aliphatic rings. The summed E-state index contributed by atoms with van der Waals surface area (Å²) in [6, 6.07) is 0. The molecule has 1 heterocycles. The lowest BCUT2D eigenvalue weighted by molar-refractivity contribution is -0.138. The van der Waals surface area contributed by atoms with E-state index in [4.69, 9.17) is 0 Å². The van der Waals surface area contributed by atoms with Crippen molar-refractivity contribution in [1.29, 1.82) is 0 Å². The lowest BCUT2D eigenvalue weighted by atomic mass is 10.3. The van der Waals surface area contributed by atoms with Crippen LogP contribution in [0.15, 0.2) is 0 Å². The van der Waals surface area contributed by atoms with E-state index in [1.54, 1.807) is 0 Å². The second-order valence-electron chi connectivity index (χ2n) is 4.06. The predicted octanol–water partition coefficient (Wildman–Crippen LogP) is 0.350. The zero-order valence-electron chi connectivity index (χ0n) is 9.94. The molecule has 1 atom stereocenters. The van der Waals surface area contributed by atoms with Crippen molar-refractivity contribution in [1.82, 2.24) is 10.2 Å². The van der Waals surface area contributed by atoms with Gasteiger partial charge in [0.2, 0.25) is 17.7 Å². The predicted molar refractivity (Wildman–Crippen MR) is 66.6 cm³/mol. The van der Waals surface area contributed by atoms with Crippen LogP contribution in [0.3, 0.4) is 0 Å². The minimum atomic E-state index is -0.536. The third-order valence-corrected chi connectivity index (χ3v) is 3.04. The van der Waals surface area contributed by atoms with Crippen LogP contribution >= 0.6 is 12.6 Å². The smallest absolute Gasteiger partial charge is 0.242 e. The van der Waals surface area contributed by atoms with Gasteiger partial charge in [0.25, 0.3) is 0 Å². The third kappa shape index (κ3) is 4.03. The van der Waals surface area contributed by atoms with Crippen LogP contribution in [0.25, 0.3) is 0 Å². The molecule has 6 heteroatoms. The van der Waals surface area contributed by atoms with E-state index in [0.29, 0.717) is 6.54 Å². The van der Waals surface area contributed by atoms with Crippen molar-refractivity contribution in [2.75, 3.05) is 13.1 Å². The first-order valence-corrected chi connectivity index (χ1v) is 6.37. The topological polar surface area (TPSA) is 66.5 Å². The molecule has 0 bridgehead atoms. The number of nitrogens with zero attached hydrogens (tertiary/aromatic N) is 1. The minimum absolute atomic E-state index is 0.123. The molecule has 5 nitrogen and oxygen atoms in total. The summed E-state index contributed by atoms with van der Waals surface area (Å²) in [5.41, 5.74) is 0. The Balaban J connectivity index is 2.28. The van der Waals surface area contributed by atoms with E-state index in [-0.39, 0.29) is 37.1 Å². The first kappa shape index (κ1) is 14.0. The van der Waals surface area contributed by atoms with Crippen molar-refractivity contribution >= 4 is 30.4 Å². The molecule has 96 valence electrons. The molecule has 0 saturated carbocycles. The van der Waals surface area contributed by atoms with Gasteiger partial charge in [0.05, 0.1) is 5.25 Å². The van der Waals surface area contributed by atoms with Gasteiger partial charge in [-0.3, -0.25) is 19.3 Å². The Labute approximate surface area is 106 Å². The van der Waals surface area contributed by atoms with E-state index < -0.39 is 5.25 Å². The Morgan fingerprint density at radius 2 is 2.24 bits per heavy atom. The van der Waals surface area contributed by atoms with Gasteiger partial charge < -0.3 is 5.32 Å². The van der Waals surface area contributed by atoms with Crippen molar-refractivity contribution in [2.45, 2.75) is 37.9 Å². The Morgan fingerprint density at radius 3 is 2.76 bits per heavy atom. The molecule has 0 aromatic heterocycles. The fraction of sp³-hybridized carbons (Fsp3) is 0.727. The lowest BCUT2D eigenvalue weighted by Crippen LogP contribution is -2.35. The molecular weight excluding hydrogens is 240 g/mol. The molecule has 1 N–H and O–H groups in total. The van der Waals surface area contributed by atoms with Crippen LogP contribution < -0.4 is 5.32 Å². The van der Waals surface area contributed by atoms with Crippen molar-refractivity contribution in [3.05, 3.63) is 0 Å². The van der Waals surface area contributed by atoms with Gasteiger partial charge in [0.15, 0.2) is 0 Å². The van der Waals surface area contributed by atoms with E-state index in [9.17, 15) is 14.4 Å². The van der Waals surface area contributed by atoms with E-state index in [2.05, 4.69) is 17.9 Å². The van der Waals surface area contributed by atoms with Gasteiger partial charge in [-0.25, -0.2) is 0 Å². The molecule has 1 fully saturated rings. The van der Waals surface area contributed by atoms with Crippen molar-refractivity contribution in [3.63, 3.8) is 0 Å². The minimum Gasteiger partial charge on any atom is -0.356 e. The van der Waals surface area contributed by atoms with Gasteiger partial charge >= 0.3 is 0 Å². The number of amides is 3. The number of rotatable bonds is 6. The number of likely N-dealkylation sites (tertiary alicyclic amines) is 1. The summed E-state index contributed by atoms with van der Waals surface area (Å²) in [4.78, 5) is 35.4. The highest BCUT2D eigenvalue weighted by molar-refractivity contribution is 7.81. The summed E-state index contributed by atoms with van der Waals surface area (Å²) in [5.74, 6) is -0.655. The monoisotopic (exact) mass is 258 g/mol. The molecule has 0 aliphatic carbocycles. The van der Waals surface area contributed by atoms with Crippen LogP contribution in [0.1, 0.15) is 32.6 Å². The molecule has 3 amide bonds. The third-order valence-electron chi connectivity index (χ3n) is 2.64. The maximum atomic E-state index is 11.5. The molecule has 17 heavy (non-hydrogen) atoms. The highest BCUT2D eigenvalue weighted by Crippen LogP contribution is 2.17. The Morgan fingerprint density at radius 1 is 1.53 bits per heavy atom. The standard InChI is InChI=1S/C11H18N2O3S/c1-2-3-5-12-9(14)4-6-13-10(15)7-8(17)11(13)16/h8,17H,2-7H2,1H3,(H,12,14). The van der Waals surface area contributed by atoms with E-state index in [0.717, 1.165) is 17.7 Å². The summed E-state index contributed by atoms with van der Waals surface area (Å²) in [7, 11) is 0. The molecule has 0 aromatic carbocycles. The van der Waals surface area contributed by atoms with Crippen LogP contribution in [0.2, 0.25) is 0 Å². The van der Waals surface area contributed by atoms with Gasteiger partial charge in [0, 0.05) is 25.9 Å². The molecule has 0 radical (unpaired) electrons. The number of nitrogens with one attached hydrogen (secondary N) is 1. The summed E-state index contributed by atoms with van der Waals surface area (Å²) >= 11 is 4.01. The van der Waals surface area contributed by atoms with Crippen LogP contribution in [-0.4, -0.2) is 41.0 Å². The molecular formula is C11H18N2O3S. The van der Waals surface area contributed by atoms with Gasteiger partial charge in [-0.1, -0.05) is 13.3 Å². The maximum Gasteiger partial charge on any atom is 0.242 e. The Kier molecular flexibility index (Phi) is 5.47. The molecule has 0 aromatic rings. The first-order valence-electron chi connectivity index (χ1n) is 5.85. The maximum absolute atomic E-state index is 11.5. The number of imide groups is 1. The van der Waals surface area contributed by atoms with Gasteiger partial charge in [-0.15, -0.1) is 0 Å². The summed E-state index contributed by atoms with van der Waals surface area (Å²) in [6.45, 7) is 2.85. The normalized spacial score (nSPS) is 19.9. The quantitative estimate of drug-likeness (QED) is 0.410. The highest BCUT2D eigenvalue weighted by Gasteiger charge is 2.36. The second-order valence-corrected chi connectivity index (χ2v) is 4.68. The van der Waals surface area contributed by atoms with Gasteiger partial charge in [0.1, 0.15) is 0 Å². The van der Waals surface area contributed by atoms with E-state index in [1.165, 1.54) is 0 Å². The Bertz CT molecular complexity index is 320. The van der Waals surface area contributed by atoms with E-state index in [1.807, 2.05) is 6.92 Å². The van der Waals surface area contributed by atoms with Crippen molar-refractivity contribution in [3.8, 4) is 0 Å². The Hall–Kier alpha value is -1.04. The van der Waals surface area contributed by atoms with Crippen LogP contribution in [0.4, 0.5) is 0 Å². The number of carbonyl (C=O) groups excluding carboxylic acids is 3. The van der Waals surface area contributed by atoms with Crippen LogP contribution in [0, 0.1) is 0 Å². The van der Waals surface area contributed by atoms with E-state index >= 15 is 0 Å². The number of unbranched alkanes of at least 4 members (excludes halogenated alkanes) is 1. The average molecular weight is 258 g/mol. The number of thiol groups is 1. The summed E-state index contributed by atoms with van der Waals surface area (Å²) < 4.78 is 0. The average Bonchev–Trinajstić information content (AvgIpc) is 2.51. The van der Waals surface area contributed by atoms with Crippen molar-refractivity contribution < 1.29 is 14.4 Å². The zero-order valence-corrected chi connectivity index (χ0v) is 10.8. The zero-order chi connectivity index (χ0) is 12.8. The molecule has 1 aliphatic heterocycles. The fourth-order valence-electron chi connectivity index (χ4n) is 1.61. The van der Waals surface area contributed by atoms with Crippen molar-refractivity contribution in [2.24, 2.45) is 0 Å². The fourth-order valence-corrected chi connectivity index (χ4v) is 1.90. The molecule has 1 unspecified atom stereocenters. The summed E-state index contributed by atoms with van der Waals surface area (Å²) in [5, 5.41) is 2.20. The SMILES string of the molecule is CCCCNC(=O)CCN1C(=O)CC(S)C1=O. The second kappa shape index (κ2) is 6.64. The lowest BCUT2D eigenvalue weighted by Gasteiger charge is -2.13.